The number of aromatic amines is 1. The molecule has 3 aromatic heterocycles. The van der Waals surface area contributed by atoms with Crippen molar-refractivity contribution in [2.24, 2.45) is 5.92 Å². The molecule has 0 bridgehead atoms. The third-order valence-corrected chi connectivity index (χ3v) is 5.18. The van der Waals surface area contributed by atoms with Crippen LogP contribution in [0.1, 0.15) is 19.7 Å². The molecule has 0 atom stereocenters. The first kappa shape index (κ1) is 18.4. The summed E-state index contributed by atoms with van der Waals surface area (Å²) >= 11 is 1.52. The van der Waals surface area contributed by atoms with Crippen molar-refractivity contribution in [3.63, 3.8) is 0 Å². The summed E-state index contributed by atoms with van der Waals surface area (Å²) < 4.78 is 2.11. The van der Waals surface area contributed by atoms with Crippen LogP contribution < -0.4 is 5.56 Å². The van der Waals surface area contributed by atoms with Crippen molar-refractivity contribution in [2.75, 3.05) is 0 Å². The van der Waals surface area contributed by atoms with E-state index in [-0.39, 0.29) is 5.56 Å². The van der Waals surface area contributed by atoms with Gasteiger partial charge in [-0.2, -0.15) is 0 Å². The first-order chi connectivity index (χ1) is 13.6. The fraction of sp³-hybridized carbons (Fsp3) is 0.250. The number of aromatic nitrogens is 6. The van der Waals surface area contributed by atoms with E-state index in [9.17, 15) is 4.79 Å². The Bertz CT molecular complexity index is 1150. The van der Waals surface area contributed by atoms with E-state index < -0.39 is 0 Å². The molecule has 0 saturated heterocycles. The van der Waals surface area contributed by atoms with Gasteiger partial charge in [-0.15, -0.1) is 10.2 Å². The summed E-state index contributed by atoms with van der Waals surface area (Å²) in [4.78, 5) is 23.8. The summed E-state index contributed by atoms with van der Waals surface area (Å²) in [6.07, 6.45) is 3.50. The Morgan fingerprint density at radius 3 is 2.68 bits per heavy atom. The number of thioether (sulfide) groups is 1. The molecule has 0 aliphatic heterocycles. The smallest absolute Gasteiger partial charge is 0.258 e. The number of benzene rings is 1. The van der Waals surface area contributed by atoms with Crippen LogP contribution in [0.25, 0.3) is 22.3 Å². The second-order valence-electron chi connectivity index (χ2n) is 6.86. The molecule has 0 aliphatic rings. The van der Waals surface area contributed by atoms with Crippen LogP contribution in [0.4, 0.5) is 0 Å². The van der Waals surface area contributed by atoms with Crippen molar-refractivity contribution in [2.45, 2.75) is 31.3 Å². The van der Waals surface area contributed by atoms with Crippen molar-refractivity contribution >= 4 is 22.7 Å². The maximum absolute atomic E-state index is 12.3. The normalized spacial score (nSPS) is 11.4. The average Bonchev–Trinajstić information content (AvgIpc) is 3.09. The highest BCUT2D eigenvalue weighted by atomic mass is 32.2. The van der Waals surface area contributed by atoms with Crippen LogP contribution in [0.3, 0.4) is 0 Å². The highest BCUT2D eigenvalue weighted by molar-refractivity contribution is 7.98. The largest absolute Gasteiger partial charge is 0.309 e. The van der Waals surface area contributed by atoms with Gasteiger partial charge in [0.05, 0.1) is 16.7 Å². The molecule has 1 aromatic carbocycles. The van der Waals surface area contributed by atoms with E-state index in [4.69, 9.17) is 0 Å². The highest BCUT2D eigenvalue weighted by Gasteiger charge is 2.16. The molecule has 0 saturated carbocycles. The molecule has 28 heavy (non-hydrogen) atoms. The zero-order chi connectivity index (χ0) is 19.5. The highest BCUT2D eigenvalue weighted by Crippen LogP contribution is 2.26. The van der Waals surface area contributed by atoms with Crippen molar-refractivity contribution < 1.29 is 0 Å². The molecule has 3 heterocycles. The molecule has 4 aromatic rings. The molecule has 7 nitrogen and oxygen atoms in total. The SMILES string of the molecule is CC(C)Cn1c(SCc2nc3ccccc3c(=O)[nH]2)nnc1-c1ccncc1. The predicted octanol–water partition coefficient (Wildman–Crippen LogP) is 3.52. The summed E-state index contributed by atoms with van der Waals surface area (Å²) in [5.74, 6) is 2.39. The lowest BCUT2D eigenvalue weighted by atomic mass is 10.2. The van der Waals surface area contributed by atoms with Crippen LogP contribution in [0.2, 0.25) is 0 Å². The van der Waals surface area contributed by atoms with Crippen LogP contribution in [0, 0.1) is 5.92 Å². The maximum Gasteiger partial charge on any atom is 0.258 e. The maximum atomic E-state index is 12.3. The number of para-hydroxylation sites is 1. The zero-order valence-electron chi connectivity index (χ0n) is 15.7. The van der Waals surface area contributed by atoms with E-state index in [1.807, 2.05) is 30.3 Å². The third kappa shape index (κ3) is 3.82. The van der Waals surface area contributed by atoms with Crippen molar-refractivity contribution in [1.82, 2.24) is 29.7 Å². The van der Waals surface area contributed by atoms with Gasteiger partial charge in [-0.25, -0.2) is 4.98 Å². The van der Waals surface area contributed by atoms with Gasteiger partial charge >= 0.3 is 0 Å². The van der Waals surface area contributed by atoms with E-state index in [1.165, 1.54) is 11.8 Å². The minimum atomic E-state index is -0.123. The van der Waals surface area contributed by atoms with Crippen LogP contribution in [0.15, 0.2) is 58.7 Å². The lowest BCUT2D eigenvalue weighted by molar-refractivity contribution is 0.498. The minimum Gasteiger partial charge on any atom is -0.309 e. The van der Waals surface area contributed by atoms with Crippen LogP contribution in [-0.2, 0) is 12.3 Å². The van der Waals surface area contributed by atoms with Crippen LogP contribution >= 0.6 is 11.8 Å². The van der Waals surface area contributed by atoms with Gasteiger partial charge in [0.2, 0.25) is 0 Å². The summed E-state index contributed by atoms with van der Waals surface area (Å²) in [7, 11) is 0. The number of hydrogen-bond acceptors (Lipinski definition) is 6. The number of hydrogen-bond donors (Lipinski definition) is 1. The average molecular weight is 392 g/mol. The van der Waals surface area contributed by atoms with E-state index in [2.05, 4.69) is 43.6 Å². The molecule has 142 valence electrons. The summed E-state index contributed by atoms with van der Waals surface area (Å²) in [6, 6.07) is 11.2. The Morgan fingerprint density at radius 1 is 1.11 bits per heavy atom. The lowest BCUT2D eigenvalue weighted by Gasteiger charge is -2.12. The first-order valence-corrected chi connectivity index (χ1v) is 10.0. The summed E-state index contributed by atoms with van der Waals surface area (Å²) in [5, 5.41) is 10.2. The van der Waals surface area contributed by atoms with Gasteiger partial charge in [0.1, 0.15) is 5.82 Å². The second kappa shape index (κ2) is 7.93. The van der Waals surface area contributed by atoms with Crippen LogP contribution in [0.5, 0.6) is 0 Å². The molecule has 4 rings (SSSR count). The Kier molecular flexibility index (Phi) is 5.21. The molecule has 0 aliphatic carbocycles. The fourth-order valence-corrected chi connectivity index (χ4v) is 3.79. The quantitative estimate of drug-likeness (QED) is 0.505. The van der Waals surface area contributed by atoms with Crippen LogP contribution in [-0.4, -0.2) is 29.7 Å². The number of rotatable bonds is 6. The Hall–Kier alpha value is -3.00. The van der Waals surface area contributed by atoms with Crippen molar-refractivity contribution in [3.8, 4) is 11.4 Å². The number of nitrogens with one attached hydrogen (secondary N) is 1. The zero-order valence-corrected chi connectivity index (χ0v) is 16.5. The van der Waals surface area contributed by atoms with Gasteiger partial charge in [0, 0.05) is 24.5 Å². The molecule has 0 unspecified atom stereocenters. The minimum absolute atomic E-state index is 0.123. The topological polar surface area (TPSA) is 89.4 Å². The van der Waals surface area contributed by atoms with E-state index in [0.29, 0.717) is 28.4 Å². The second-order valence-corrected chi connectivity index (χ2v) is 7.81. The predicted molar refractivity (Wildman–Crippen MR) is 110 cm³/mol. The number of pyridine rings is 1. The van der Waals surface area contributed by atoms with Gasteiger partial charge < -0.3 is 9.55 Å². The van der Waals surface area contributed by atoms with E-state index in [1.54, 1.807) is 18.5 Å². The van der Waals surface area contributed by atoms with Crippen molar-refractivity contribution in [3.05, 3.63) is 65.0 Å². The van der Waals surface area contributed by atoms with E-state index >= 15 is 0 Å². The van der Waals surface area contributed by atoms with Gasteiger partial charge in [-0.05, 0) is 30.2 Å². The number of fused-ring (bicyclic) bond motifs is 1. The van der Waals surface area contributed by atoms with Crippen molar-refractivity contribution in [1.29, 1.82) is 0 Å². The molecule has 0 fully saturated rings. The fourth-order valence-electron chi connectivity index (χ4n) is 2.98. The number of nitrogens with zero attached hydrogens (tertiary/aromatic N) is 5. The molecule has 0 amide bonds. The molecular formula is C20H20N6OS. The number of H-pyrrole nitrogens is 1. The Labute approximate surface area is 166 Å². The summed E-state index contributed by atoms with van der Waals surface area (Å²) in [5.41, 5.74) is 1.55. The third-order valence-electron chi connectivity index (χ3n) is 4.20. The van der Waals surface area contributed by atoms with E-state index in [0.717, 1.165) is 23.1 Å². The first-order valence-electron chi connectivity index (χ1n) is 9.06. The van der Waals surface area contributed by atoms with Gasteiger partial charge in [0.25, 0.3) is 5.56 Å². The van der Waals surface area contributed by atoms with Gasteiger partial charge in [-0.1, -0.05) is 37.7 Å². The standard InChI is InChI=1S/C20H20N6OS/c1-13(2)11-26-18(14-7-9-21-10-8-14)24-25-20(26)28-12-17-22-16-6-4-3-5-15(16)19(27)23-17/h3-10,13H,11-12H2,1-2H3,(H,22,23,27). The van der Waals surface area contributed by atoms with Gasteiger partial charge in [-0.3, -0.25) is 9.78 Å². The Balaban J connectivity index is 1.63. The Morgan fingerprint density at radius 2 is 1.89 bits per heavy atom. The summed E-state index contributed by atoms with van der Waals surface area (Å²) in [6.45, 7) is 5.12. The van der Waals surface area contributed by atoms with Gasteiger partial charge in [0.15, 0.2) is 11.0 Å². The molecule has 0 radical (unpaired) electrons. The molecular weight excluding hydrogens is 372 g/mol. The molecule has 8 heteroatoms. The monoisotopic (exact) mass is 392 g/mol. The molecule has 1 N–H and O–H groups in total. The lowest BCUT2D eigenvalue weighted by Crippen LogP contribution is -2.11. The molecule has 0 spiro atoms.